The number of urea groups is 1. The third kappa shape index (κ3) is 3.92. The van der Waals surface area contributed by atoms with Crippen LogP contribution in [-0.2, 0) is 0 Å². The number of nitro groups is 1. The molecule has 0 bridgehead atoms. The molecule has 0 saturated carbocycles. The van der Waals surface area contributed by atoms with Crippen molar-refractivity contribution in [1.82, 2.24) is 10.6 Å². The first-order valence-electron chi connectivity index (χ1n) is 6.18. The van der Waals surface area contributed by atoms with Crippen molar-refractivity contribution in [3.63, 3.8) is 0 Å². The second-order valence-corrected chi connectivity index (χ2v) is 4.45. The van der Waals surface area contributed by atoms with Crippen LogP contribution in [0.15, 0.2) is 24.3 Å². The molecule has 1 aliphatic heterocycles. The van der Waals surface area contributed by atoms with E-state index in [1.807, 2.05) is 0 Å². The summed E-state index contributed by atoms with van der Waals surface area (Å²) in [6, 6.07) is 5.63. The third-order valence-electron chi connectivity index (χ3n) is 2.95. The number of nitrogens with zero attached hydrogens (tertiary/aromatic N) is 1. The van der Waals surface area contributed by atoms with Crippen molar-refractivity contribution in [3.05, 3.63) is 34.4 Å². The van der Waals surface area contributed by atoms with E-state index in [2.05, 4.69) is 16.0 Å². The number of nitrogens with one attached hydrogen (secondary N) is 3. The molecule has 3 N–H and O–H groups in total. The van der Waals surface area contributed by atoms with Crippen molar-refractivity contribution in [2.45, 2.75) is 18.9 Å². The van der Waals surface area contributed by atoms with Gasteiger partial charge in [-0.1, -0.05) is 6.07 Å². The highest BCUT2D eigenvalue weighted by atomic mass is 16.6. The van der Waals surface area contributed by atoms with E-state index in [9.17, 15) is 14.9 Å². The summed E-state index contributed by atoms with van der Waals surface area (Å²) < 4.78 is 0. The Kier molecular flexibility index (Phi) is 4.30. The molecule has 2 amide bonds. The molecule has 1 aliphatic rings. The van der Waals surface area contributed by atoms with Crippen LogP contribution in [0.4, 0.5) is 16.2 Å². The Morgan fingerprint density at radius 1 is 1.47 bits per heavy atom. The van der Waals surface area contributed by atoms with Crippen LogP contribution in [-0.4, -0.2) is 30.1 Å². The molecular weight excluding hydrogens is 248 g/mol. The number of carbonyl (C=O) groups is 1. The first-order chi connectivity index (χ1) is 9.15. The highest BCUT2D eigenvalue weighted by Crippen LogP contribution is 2.16. The summed E-state index contributed by atoms with van der Waals surface area (Å²) in [5, 5.41) is 19.3. The second kappa shape index (κ2) is 6.14. The van der Waals surface area contributed by atoms with Gasteiger partial charge < -0.3 is 16.0 Å². The van der Waals surface area contributed by atoms with Crippen molar-refractivity contribution < 1.29 is 9.72 Å². The van der Waals surface area contributed by atoms with Crippen molar-refractivity contribution in [1.29, 1.82) is 0 Å². The van der Waals surface area contributed by atoms with Crippen LogP contribution in [0.1, 0.15) is 12.8 Å². The van der Waals surface area contributed by atoms with E-state index in [1.54, 1.807) is 6.07 Å². The Hall–Kier alpha value is -2.15. The number of benzene rings is 1. The van der Waals surface area contributed by atoms with Gasteiger partial charge in [0.1, 0.15) is 0 Å². The smallest absolute Gasteiger partial charge is 0.319 e. The van der Waals surface area contributed by atoms with Crippen LogP contribution in [0.25, 0.3) is 0 Å². The number of hydrogen-bond acceptors (Lipinski definition) is 4. The number of hydrogen-bond donors (Lipinski definition) is 3. The predicted octanol–water partition coefficient (Wildman–Crippen LogP) is 1.47. The normalized spacial score (nSPS) is 18.6. The molecule has 1 aromatic carbocycles. The summed E-state index contributed by atoms with van der Waals surface area (Å²) in [7, 11) is 0. The van der Waals surface area contributed by atoms with Crippen LogP contribution in [0.3, 0.4) is 0 Å². The molecule has 0 aliphatic carbocycles. The van der Waals surface area contributed by atoms with Gasteiger partial charge in [-0.15, -0.1) is 0 Å². The van der Waals surface area contributed by atoms with E-state index in [0.717, 1.165) is 25.9 Å². The van der Waals surface area contributed by atoms with Crippen molar-refractivity contribution in [2.75, 3.05) is 18.4 Å². The summed E-state index contributed by atoms with van der Waals surface area (Å²) >= 11 is 0. The molecule has 0 spiro atoms. The first-order valence-corrected chi connectivity index (χ1v) is 6.18. The van der Waals surface area contributed by atoms with Gasteiger partial charge in [0, 0.05) is 30.4 Å². The Bertz CT molecular complexity index is 472. The average molecular weight is 264 g/mol. The van der Waals surface area contributed by atoms with E-state index in [0.29, 0.717) is 5.69 Å². The number of carbonyl (C=O) groups excluding carboxylic acids is 1. The summed E-state index contributed by atoms with van der Waals surface area (Å²) in [4.78, 5) is 21.9. The molecule has 1 atom stereocenters. The van der Waals surface area contributed by atoms with Crippen LogP contribution in [0, 0.1) is 10.1 Å². The summed E-state index contributed by atoms with van der Waals surface area (Å²) in [5.41, 5.74) is 0.368. The fraction of sp³-hybridized carbons (Fsp3) is 0.417. The van der Waals surface area contributed by atoms with Gasteiger partial charge in [0.15, 0.2) is 0 Å². The maximum absolute atomic E-state index is 11.7. The molecule has 7 nitrogen and oxygen atoms in total. The minimum Gasteiger partial charge on any atom is -0.334 e. The van der Waals surface area contributed by atoms with E-state index >= 15 is 0 Å². The SMILES string of the molecule is O=C(Nc1cccc([N+](=O)[O-])c1)NC1CCCNC1. The zero-order valence-electron chi connectivity index (χ0n) is 10.4. The minimum atomic E-state index is -0.492. The van der Waals surface area contributed by atoms with Gasteiger partial charge in [0.2, 0.25) is 0 Å². The van der Waals surface area contributed by atoms with Gasteiger partial charge in [-0.2, -0.15) is 0 Å². The molecule has 1 heterocycles. The topological polar surface area (TPSA) is 96.3 Å². The molecule has 1 saturated heterocycles. The van der Waals surface area contributed by atoms with E-state index in [4.69, 9.17) is 0 Å². The number of nitro benzene ring substituents is 1. The molecule has 19 heavy (non-hydrogen) atoms. The molecule has 1 aromatic rings. The maximum atomic E-state index is 11.7. The molecule has 0 aromatic heterocycles. The molecule has 7 heteroatoms. The van der Waals surface area contributed by atoms with Crippen LogP contribution in [0.5, 0.6) is 0 Å². The Labute approximate surface area is 110 Å². The van der Waals surface area contributed by atoms with Gasteiger partial charge in [-0.3, -0.25) is 10.1 Å². The lowest BCUT2D eigenvalue weighted by molar-refractivity contribution is -0.384. The zero-order valence-corrected chi connectivity index (χ0v) is 10.4. The lowest BCUT2D eigenvalue weighted by Crippen LogP contribution is -2.47. The number of piperidine rings is 1. The fourth-order valence-electron chi connectivity index (χ4n) is 2.02. The van der Waals surface area contributed by atoms with E-state index < -0.39 is 4.92 Å². The monoisotopic (exact) mass is 264 g/mol. The Morgan fingerprint density at radius 3 is 3.00 bits per heavy atom. The van der Waals surface area contributed by atoms with Gasteiger partial charge in [0.25, 0.3) is 5.69 Å². The van der Waals surface area contributed by atoms with E-state index in [1.165, 1.54) is 18.2 Å². The molecule has 0 radical (unpaired) electrons. The fourth-order valence-corrected chi connectivity index (χ4v) is 2.02. The number of non-ortho nitro benzene ring substituents is 1. The molecule has 1 unspecified atom stereocenters. The highest BCUT2D eigenvalue weighted by Gasteiger charge is 2.15. The standard InChI is InChI=1S/C12H16N4O3/c17-12(15-10-4-2-6-13-8-10)14-9-3-1-5-11(7-9)16(18)19/h1,3,5,7,10,13H,2,4,6,8H2,(H2,14,15,17). The van der Waals surface area contributed by atoms with Crippen molar-refractivity contribution in [3.8, 4) is 0 Å². The second-order valence-electron chi connectivity index (χ2n) is 4.45. The zero-order chi connectivity index (χ0) is 13.7. The van der Waals surface area contributed by atoms with Crippen LogP contribution < -0.4 is 16.0 Å². The first kappa shape index (κ1) is 13.3. The maximum Gasteiger partial charge on any atom is 0.319 e. The molecule has 2 rings (SSSR count). The Morgan fingerprint density at radius 2 is 2.32 bits per heavy atom. The van der Waals surface area contributed by atoms with Crippen LogP contribution in [0.2, 0.25) is 0 Å². The molecule has 1 fully saturated rings. The summed E-state index contributed by atoms with van der Waals surface area (Å²) in [6.07, 6.45) is 1.97. The predicted molar refractivity (Wildman–Crippen MR) is 71.1 cm³/mol. The van der Waals surface area contributed by atoms with Gasteiger partial charge in [-0.05, 0) is 25.5 Å². The molecule has 102 valence electrons. The van der Waals surface area contributed by atoms with Crippen molar-refractivity contribution in [2.24, 2.45) is 0 Å². The van der Waals surface area contributed by atoms with E-state index in [-0.39, 0.29) is 17.8 Å². The van der Waals surface area contributed by atoms with Gasteiger partial charge in [0.05, 0.1) is 4.92 Å². The lowest BCUT2D eigenvalue weighted by atomic mass is 10.1. The lowest BCUT2D eigenvalue weighted by Gasteiger charge is -2.23. The average Bonchev–Trinajstić information content (AvgIpc) is 2.40. The Balaban J connectivity index is 1.90. The third-order valence-corrected chi connectivity index (χ3v) is 2.95. The molecular formula is C12H16N4O3. The number of amides is 2. The number of rotatable bonds is 3. The van der Waals surface area contributed by atoms with Gasteiger partial charge >= 0.3 is 6.03 Å². The quantitative estimate of drug-likeness (QED) is 0.569. The minimum absolute atomic E-state index is 0.0443. The largest absolute Gasteiger partial charge is 0.334 e. The summed E-state index contributed by atoms with van der Waals surface area (Å²) in [6.45, 7) is 1.73. The number of anilines is 1. The van der Waals surface area contributed by atoms with Crippen LogP contribution >= 0.6 is 0 Å². The summed E-state index contributed by atoms with van der Waals surface area (Å²) in [5.74, 6) is 0. The van der Waals surface area contributed by atoms with Crippen molar-refractivity contribution >= 4 is 17.4 Å². The van der Waals surface area contributed by atoms with Gasteiger partial charge in [-0.25, -0.2) is 4.79 Å². The highest BCUT2D eigenvalue weighted by molar-refractivity contribution is 5.89.